The Kier molecular flexibility index (Phi) is 5.46. The van der Waals surface area contributed by atoms with E-state index in [0.29, 0.717) is 22.0 Å². The smallest absolute Gasteiger partial charge is 0.258 e. The number of pyridine rings is 1. The maximum absolute atomic E-state index is 12.8. The molecule has 1 heterocycles. The molecule has 0 spiro atoms. The van der Waals surface area contributed by atoms with Crippen LogP contribution in [0.25, 0.3) is 21.9 Å². The standard InChI is InChI=1S/C25H22N2O3/c1-17(16-28)27-15-14-21-22(25(27)30)8-5-9-23(21)26-24(29)20-12-10-19(11-13-20)18-6-3-2-4-7-18/h2-15,17,28H,16H2,1H3,(H,26,29). The molecule has 5 nitrogen and oxygen atoms in total. The number of carbonyl (C=O) groups is 1. The molecule has 3 aromatic carbocycles. The van der Waals surface area contributed by atoms with E-state index in [0.717, 1.165) is 11.1 Å². The van der Waals surface area contributed by atoms with Gasteiger partial charge in [-0.1, -0.05) is 48.5 Å². The van der Waals surface area contributed by atoms with Crippen molar-refractivity contribution in [2.24, 2.45) is 0 Å². The van der Waals surface area contributed by atoms with Gasteiger partial charge in [0.25, 0.3) is 11.5 Å². The Hall–Kier alpha value is -3.70. The van der Waals surface area contributed by atoms with Crippen molar-refractivity contribution in [2.45, 2.75) is 13.0 Å². The molecule has 0 aliphatic carbocycles. The van der Waals surface area contributed by atoms with Crippen LogP contribution in [0.3, 0.4) is 0 Å². The Morgan fingerprint density at radius 1 is 0.900 bits per heavy atom. The van der Waals surface area contributed by atoms with Gasteiger partial charge in [-0.15, -0.1) is 0 Å². The van der Waals surface area contributed by atoms with Crippen molar-refractivity contribution in [1.82, 2.24) is 4.57 Å². The Morgan fingerprint density at radius 3 is 2.30 bits per heavy atom. The lowest BCUT2D eigenvalue weighted by atomic mass is 10.0. The van der Waals surface area contributed by atoms with Crippen molar-refractivity contribution in [1.29, 1.82) is 0 Å². The molecule has 1 amide bonds. The third kappa shape index (κ3) is 3.75. The van der Waals surface area contributed by atoms with E-state index in [1.165, 1.54) is 4.57 Å². The number of hydrogen-bond donors (Lipinski definition) is 2. The second-order valence-corrected chi connectivity index (χ2v) is 7.22. The van der Waals surface area contributed by atoms with E-state index in [-0.39, 0.29) is 24.1 Å². The van der Waals surface area contributed by atoms with Gasteiger partial charge in [0.1, 0.15) is 0 Å². The molecule has 30 heavy (non-hydrogen) atoms. The zero-order valence-corrected chi connectivity index (χ0v) is 16.6. The van der Waals surface area contributed by atoms with Crippen molar-refractivity contribution in [3.8, 4) is 11.1 Å². The van der Waals surface area contributed by atoms with Gasteiger partial charge in [0.15, 0.2) is 0 Å². The molecule has 4 rings (SSSR count). The summed E-state index contributed by atoms with van der Waals surface area (Å²) in [6, 6.07) is 24.1. The molecule has 0 bridgehead atoms. The molecule has 1 unspecified atom stereocenters. The van der Waals surface area contributed by atoms with E-state index < -0.39 is 0 Å². The van der Waals surface area contributed by atoms with Crippen molar-refractivity contribution < 1.29 is 9.90 Å². The highest BCUT2D eigenvalue weighted by Crippen LogP contribution is 2.23. The number of aromatic nitrogens is 1. The van der Waals surface area contributed by atoms with Gasteiger partial charge in [0.05, 0.1) is 12.6 Å². The number of rotatable bonds is 5. The molecule has 0 saturated heterocycles. The van der Waals surface area contributed by atoms with Crippen LogP contribution in [0, 0.1) is 0 Å². The van der Waals surface area contributed by atoms with Gasteiger partial charge in [-0.25, -0.2) is 0 Å². The first kappa shape index (κ1) is 19.6. The van der Waals surface area contributed by atoms with E-state index in [2.05, 4.69) is 5.32 Å². The van der Waals surface area contributed by atoms with Gasteiger partial charge in [-0.05, 0) is 48.4 Å². The molecule has 1 aromatic heterocycles. The fraction of sp³-hybridized carbons (Fsp3) is 0.120. The van der Waals surface area contributed by atoms with Gasteiger partial charge in [0.2, 0.25) is 0 Å². The zero-order chi connectivity index (χ0) is 21.1. The monoisotopic (exact) mass is 398 g/mol. The number of aliphatic hydroxyl groups excluding tert-OH is 1. The van der Waals surface area contributed by atoms with Crippen LogP contribution in [0.5, 0.6) is 0 Å². The molecule has 4 aromatic rings. The highest BCUT2D eigenvalue weighted by molar-refractivity contribution is 6.09. The first-order valence-corrected chi connectivity index (χ1v) is 9.80. The van der Waals surface area contributed by atoms with E-state index in [1.807, 2.05) is 42.5 Å². The number of hydrogen-bond acceptors (Lipinski definition) is 3. The molecule has 0 saturated carbocycles. The van der Waals surface area contributed by atoms with Crippen molar-refractivity contribution in [3.05, 3.63) is 101 Å². The summed E-state index contributed by atoms with van der Waals surface area (Å²) in [5.41, 5.74) is 3.04. The third-order valence-corrected chi connectivity index (χ3v) is 5.21. The Morgan fingerprint density at radius 2 is 1.60 bits per heavy atom. The average Bonchev–Trinajstić information content (AvgIpc) is 2.80. The van der Waals surface area contributed by atoms with Crippen LogP contribution in [-0.2, 0) is 0 Å². The summed E-state index contributed by atoms with van der Waals surface area (Å²) in [7, 11) is 0. The Labute approximate surface area is 174 Å². The Balaban J connectivity index is 1.62. The van der Waals surface area contributed by atoms with Crippen molar-refractivity contribution in [2.75, 3.05) is 11.9 Å². The Bertz CT molecular complexity index is 1250. The van der Waals surface area contributed by atoms with Crippen LogP contribution in [-0.4, -0.2) is 22.2 Å². The largest absolute Gasteiger partial charge is 0.394 e. The summed E-state index contributed by atoms with van der Waals surface area (Å²) >= 11 is 0. The predicted octanol–water partition coefficient (Wildman–Crippen LogP) is 4.47. The van der Waals surface area contributed by atoms with Crippen LogP contribution in [0.4, 0.5) is 5.69 Å². The summed E-state index contributed by atoms with van der Waals surface area (Å²) in [6.07, 6.45) is 1.65. The molecule has 0 aliphatic rings. The number of benzene rings is 3. The lowest BCUT2D eigenvalue weighted by molar-refractivity contribution is 0.102. The number of aliphatic hydroxyl groups is 1. The third-order valence-electron chi connectivity index (χ3n) is 5.21. The molecule has 1 atom stereocenters. The van der Waals surface area contributed by atoms with Crippen LogP contribution in [0.2, 0.25) is 0 Å². The van der Waals surface area contributed by atoms with Gasteiger partial charge in [-0.3, -0.25) is 9.59 Å². The van der Waals surface area contributed by atoms with Gasteiger partial charge >= 0.3 is 0 Å². The fourth-order valence-corrected chi connectivity index (χ4v) is 3.48. The molecular formula is C25H22N2O3. The van der Waals surface area contributed by atoms with E-state index in [9.17, 15) is 14.7 Å². The fourth-order valence-electron chi connectivity index (χ4n) is 3.48. The number of nitrogens with one attached hydrogen (secondary N) is 1. The van der Waals surface area contributed by atoms with E-state index in [1.54, 1.807) is 49.5 Å². The summed E-state index contributed by atoms with van der Waals surface area (Å²) in [5, 5.41) is 13.4. The van der Waals surface area contributed by atoms with Crippen LogP contribution >= 0.6 is 0 Å². The summed E-state index contributed by atoms with van der Waals surface area (Å²) in [5.74, 6) is -0.241. The SMILES string of the molecule is CC(CO)n1ccc2c(NC(=O)c3ccc(-c4ccccc4)cc3)cccc2c1=O. The minimum Gasteiger partial charge on any atom is -0.394 e. The topological polar surface area (TPSA) is 71.3 Å². The van der Waals surface area contributed by atoms with Crippen LogP contribution in [0.15, 0.2) is 89.9 Å². The van der Waals surface area contributed by atoms with Gasteiger partial charge < -0.3 is 15.0 Å². The second-order valence-electron chi connectivity index (χ2n) is 7.22. The van der Waals surface area contributed by atoms with Crippen molar-refractivity contribution in [3.63, 3.8) is 0 Å². The second kappa shape index (κ2) is 8.35. The number of fused-ring (bicyclic) bond motifs is 1. The molecule has 2 N–H and O–H groups in total. The molecule has 150 valence electrons. The number of nitrogens with zero attached hydrogens (tertiary/aromatic N) is 1. The normalized spacial score (nSPS) is 11.9. The number of anilines is 1. The first-order chi connectivity index (χ1) is 14.6. The highest BCUT2D eigenvalue weighted by Gasteiger charge is 2.13. The molecule has 0 fully saturated rings. The minimum atomic E-state index is -0.316. The summed E-state index contributed by atoms with van der Waals surface area (Å²) in [4.78, 5) is 25.5. The van der Waals surface area contributed by atoms with E-state index >= 15 is 0 Å². The first-order valence-electron chi connectivity index (χ1n) is 9.80. The summed E-state index contributed by atoms with van der Waals surface area (Å²) < 4.78 is 1.50. The van der Waals surface area contributed by atoms with Crippen LogP contribution < -0.4 is 10.9 Å². The molecular weight excluding hydrogens is 376 g/mol. The average molecular weight is 398 g/mol. The van der Waals surface area contributed by atoms with Crippen molar-refractivity contribution >= 4 is 22.4 Å². The predicted molar refractivity (Wildman–Crippen MR) is 120 cm³/mol. The maximum atomic E-state index is 12.8. The molecule has 5 heteroatoms. The lowest BCUT2D eigenvalue weighted by Gasteiger charge is -2.14. The number of carbonyl (C=O) groups excluding carboxylic acids is 1. The quantitative estimate of drug-likeness (QED) is 0.521. The van der Waals surface area contributed by atoms with Gasteiger partial charge in [0, 0.05) is 28.2 Å². The van der Waals surface area contributed by atoms with Gasteiger partial charge in [-0.2, -0.15) is 0 Å². The highest BCUT2D eigenvalue weighted by atomic mass is 16.3. The summed E-state index contributed by atoms with van der Waals surface area (Å²) in [6.45, 7) is 1.65. The molecule has 0 aliphatic heterocycles. The number of amides is 1. The zero-order valence-electron chi connectivity index (χ0n) is 16.6. The maximum Gasteiger partial charge on any atom is 0.258 e. The minimum absolute atomic E-state index is 0.124. The van der Waals surface area contributed by atoms with E-state index in [4.69, 9.17) is 0 Å². The molecule has 0 radical (unpaired) electrons. The lowest BCUT2D eigenvalue weighted by Crippen LogP contribution is -2.25. The van der Waals surface area contributed by atoms with Crippen LogP contribution in [0.1, 0.15) is 23.3 Å².